The van der Waals surface area contributed by atoms with Crippen molar-refractivity contribution in [3.05, 3.63) is 0 Å². The first-order valence-corrected chi connectivity index (χ1v) is 7.25. The molecule has 0 saturated heterocycles. The molecule has 0 aromatic heterocycles. The largest absolute Gasteiger partial charge is 0.313 e. The third kappa shape index (κ3) is 4.84. The maximum atomic E-state index is 3.59. The molecule has 16 heavy (non-hydrogen) atoms. The van der Waals surface area contributed by atoms with Gasteiger partial charge in [0.15, 0.2) is 0 Å². The summed E-state index contributed by atoms with van der Waals surface area (Å²) in [6.45, 7) is 10.4. The van der Waals surface area contributed by atoms with Crippen LogP contribution in [-0.2, 0) is 0 Å². The van der Waals surface area contributed by atoms with Crippen molar-refractivity contribution in [1.82, 2.24) is 10.2 Å². The molecule has 1 unspecified atom stereocenters. The van der Waals surface area contributed by atoms with Gasteiger partial charge in [0.2, 0.25) is 0 Å². The van der Waals surface area contributed by atoms with E-state index in [9.17, 15) is 0 Å². The average molecular weight is 226 g/mol. The highest BCUT2D eigenvalue weighted by Gasteiger charge is 2.19. The molecule has 0 aromatic rings. The van der Waals surface area contributed by atoms with E-state index >= 15 is 0 Å². The van der Waals surface area contributed by atoms with Gasteiger partial charge in [0.05, 0.1) is 0 Å². The highest BCUT2D eigenvalue weighted by molar-refractivity contribution is 4.75. The molecule has 1 rings (SSSR count). The van der Waals surface area contributed by atoms with E-state index in [4.69, 9.17) is 0 Å². The van der Waals surface area contributed by atoms with Crippen LogP contribution in [0.5, 0.6) is 0 Å². The third-order valence-electron chi connectivity index (χ3n) is 4.00. The summed E-state index contributed by atoms with van der Waals surface area (Å²) in [5, 5.41) is 3.59. The van der Waals surface area contributed by atoms with E-state index in [1.54, 1.807) is 0 Å². The topological polar surface area (TPSA) is 15.3 Å². The zero-order valence-corrected chi connectivity index (χ0v) is 11.5. The fourth-order valence-electron chi connectivity index (χ4n) is 2.64. The molecule has 0 bridgehead atoms. The molecule has 0 aromatic carbocycles. The van der Waals surface area contributed by atoms with Crippen LogP contribution >= 0.6 is 0 Å². The Balaban J connectivity index is 2.19. The Morgan fingerprint density at radius 3 is 2.44 bits per heavy atom. The second-order valence-electron chi connectivity index (χ2n) is 5.18. The van der Waals surface area contributed by atoms with E-state index in [0.717, 1.165) is 12.6 Å². The lowest BCUT2D eigenvalue weighted by Gasteiger charge is -2.33. The predicted octanol–water partition coefficient (Wildman–Crippen LogP) is 3.03. The van der Waals surface area contributed by atoms with Crippen LogP contribution < -0.4 is 5.32 Å². The molecule has 1 atom stereocenters. The van der Waals surface area contributed by atoms with Gasteiger partial charge in [0.1, 0.15) is 0 Å². The molecule has 1 aliphatic carbocycles. The van der Waals surface area contributed by atoms with Crippen LogP contribution in [0.25, 0.3) is 0 Å². The Kier molecular flexibility index (Phi) is 7.06. The van der Waals surface area contributed by atoms with Gasteiger partial charge >= 0.3 is 0 Å². The molecular formula is C14H30N2. The van der Waals surface area contributed by atoms with Crippen LogP contribution in [0.1, 0.15) is 59.3 Å². The highest BCUT2D eigenvalue weighted by atomic mass is 15.2. The van der Waals surface area contributed by atoms with Crippen molar-refractivity contribution in [3.8, 4) is 0 Å². The fourth-order valence-corrected chi connectivity index (χ4v) is 2.64. The molecule has 0 radical (unpaired) electrons. The number of rotatable bonds is 7. The van der Waals surface area contributed by atoms with Crippen LogP contribution in [0.4, 0.5) is 0 Å². The Bertz CT molecular complexity index is 164. The van der Waals surface area contributed by atoms with Crippen molar-refractivity contribution in [2.24, 2.45) is 0 Å². The summed E-state index contributed by atoms with van der Waals surface area (Å²) in [7, 11) is 0. The summed E-state index contributed by atoms with van der Waals surface area (Å²) in [5.74, 6) is 0. The molecule has 2 nitrogen and oxygen atoms in total. The van der Waals surface area contributed by atoms with Gasteiger partial charge in [0.25, 0.3) is 0 Å². The van der Waals surface area contributed by atoms with E-state index in [-0.39, 0.29) is 0 Å². The van der Waals surface area contributed by atoms with Gasteiger partial charge < -0.3 is 5.32 Å². The van der Waals surface area contributed by atoms with Crippen LogP contribution in [0.2, 0.25) is 0 Å². The minimum absolute atomic E-state index is 0.671. The van der Waals surface area contributed by atoms with Crippen molar-refractivity contribution in [3.63, 3.8) is 0 Å². The number of hydrogen-bond acceptors (Lipinski definition) is 2. The highest BCUT2D eigenvalue weighted by Crippen LogP contribution is 2.21. The van der Waals surface area contributed by atoms with E-state index in [1.165, 1.54) is 51.6 Å². The van der Waals surface area contributed by atoms with Crippen molar-refractivity contribution < 1.29 is 0 Å². The molecule has 0 amide bonds. The standard InChI is InChI=1S/C14H30N2/c1-4-13(3)15-11-12-16(5-2)14-9-7-6-8-10-14/h13-15H,4-12H2,1-3H3. The lowest BCUT2D eigenvalue weighted by molar-refractivity contribution is 0.163. The molecule has 0 aliphatic heterocycles. The molecule has 0 spiro atoms. The predicted molar refractivity (Wildman–Crippen MR) is 71.9 cm³/mol. The maximum absolute atomic E-state index is 3.59. The number of nitrogens with one attached hydrogen (secondary N) is 1. The lowest BCUT2D eigenvalue weighted by atomic mass is 9.94. The van der Waals surface area contributed by atoms with Gasteiger partial charge in [-0.2, -0.15) is 0 Å². The van der Waals surface area contributed by atoms with E-state index in [2.05, 4.69) is 31.0 Å². The third-order valence-corrected chi connectivity index (χ3v) is 4.00. The molecule has 0 heterocycles. The molecule has 1 fully saturated rings. The molecule has 1 saturated carbocycles. The van der Waals surface area contributed by atoms with Gasteiger partial charge in [-0.25, -0.2) is 0 Å². The van der Waals surface area contributed by atoms with Gasteiger partial charge in [-0.1, -0.05) is 33.1 Å². The van der Waals surface area contributed by atoms with Crippen molar-refractivity contribution in [2.75, 3.05) is 19.6 Å². The molecule has 1 aliphatic rings. The second kappa shape index (κ2) is 8.08. The summed E-state index contributed by atoms with van der Waals surface area (Å²) in [6.07, 6.45) is 8.43. The van der Waals surface area contributed by atoms with Crippen molar-refractivity contribution in [1.29, 1.82) is 0 Å². The number of likely N-dealkylation sites (N-methyl/N-ethyl adjacent to an activating group) is 1. The minimum atomic E-state index is 0.671. The first-order chi connectivity index (χ1) is 7.77. The van der Waals surface area contributed by atoms with E-state index in [0.29, 0.717) is 6.04 Å². The smallest absolute Gasteiger partial charge is 0.0110 e. The summed E-state index contributed by atoms with van der Waals surface area (Å²) in [5.41, 5.74) is 0. The summed E-state index contributed by atoms with van der Waals surface area (Å²) >= 11 is 0. The Hall–Kier alpha value is -0.0800. The molecule has 1 N–H and O–H groups in total. The zero-order chi connectivity index (χ0) is 11.8. The van der Waals surface area contributed by atoms with Crippen LogP contribution in [0, 0.1) is 0 Å². The second-order valence-corrected chi connectivity index (χ2v) is 5.18. The van der Waals surface area contributed by atoms with Gasteiger partial charge in [0, 0.05) is 25.2 Å². The Morgan fingerprint density at radius 2 is 1.88 bits per heavy atom. The van der Waals surface area contributed by atoms with Crippen molar-refractivity contribution in [2.45, 2.75) is 71.4 Å². The van der Waals surface area contributed by atoms with Crippen LogP contribution in [0.15, 0.2) is 0 Å². The van der Waals surface area contributed by atoms with Gasteiger partial charge in [-0.05, 0) is 32.7 Å². The van der Waals surface area contributed by atoms with E-state index in [1.807, 2.05) is 0 Å². The average Bonchev–Trinajstić information content (AvgIpc) is 2.35. The zero-order valence-electron chi connectivity index (χ0n) is 11.5. The lowest BCUT2D eigenvalue weighted by Crippen LogP contribution is -2.42. The molecule has 2 heteroatoms. The first-order valence-electron chi connectivity index (χ1n) is 7.25. The summed E-state index contributed by atoms with van der Waals surface area (Å²) < 4.78 is 0. The quantitative estimate of drug-likeness (QED) is 0.718. The fraction of sp³-hybridized carbons (Fsp3) is 1.00. The Labute approximate surface area is 102 Å². The van der Waals surface area contributed by atoms with E-state index < -0.39 is 0 Å². The minimum Gasteiger partial charge on any atom is -0.313 e. The number of nitrogens with zero attached hydrogens (tertiary/aromatic N) is 1. The monoisotopic (exact) mass is 226 g/mol. The normalized spacial score (nSPS) is 20.2. The molecular weight excluding hydrogens is 196 g/mol. The SMILES string of the molecule is CCC(C)NCCN(CC)C1CCCCC1. The Morgan fingerprint density at radius 1 is 1.19 bits per heavy atom. The molecule has 96 valence electrons. The first kappa shape index (κ1) is 14.0. The van der Waals surface area contributed by atoms with Gasteiger partial charge in [-0.3, -0.25) is 4.90 Å². The summed E-state index contributed by atoms with van der Waals surface area (Å²) in [4.78, 5) is 2.68. The van der Waals surface area contributed by atoms with Gasteiger partial charge in [-0.15, -0.1) is 0 Å². The van der Waals surface area contributed by atoms with Crippen LogP contribution in [-0.4, -0.2) is 36.6 Å². The summed E-state index contributed by atoms with van der Waals surface area (Å²) in [6, 6.07) is 1.54. The maximum Gasteiger partial charge on any atom is 0.0110 e. The van der Waals surface area contributed by atoms with Crippen molar-refractivity contribution >= 4 is 0 Å². The van der Waals surface area contributed by atoms with Crippen LogP contribution in [0.3, 0.4) is 0 Å². The number of hydrogen-bond donors (Lipinski definition) is 1.